The summed E-state index contributed by atoms with van der Waals surface area (Å²) in [5.41, 5.74) is -1.63. The van der Waals surface area contributed by atoms with Crippen molar-refractivity contribution in [2.75, 3.05) is 13.2 Å². The molecule has 4 heterocycles. The lowest BCUT2D eigenvalue weighted by Gasteiger charge is -2.47. The molecule has 10 atom stereocenters. The Kier molecular flexibility index (Phi) is 15.6. The van der Waals surface area contributed by atoms with Gasteiger partial charge in [0.15, 0.2) is 24.4 Å². The van der Waals surface area contributed by atoms with Crippen LogP contribution in [0.4, 0.5) is 8.78 Å². The van der Waals surface area contributed by atoms with Crippen molar-refractivity contribution in [3.05, 3.63) is 72.6 Å². The van der Waals surface area contributed by atoms with E-state index in [-0.39, 0.29) is 11.4 Å². The van der Waals surface area contributed by atoms with Crippen LogP contribution in [0.2, 0.25) is 0 Å². The standard InChI is InChI=1S/C40H42F2N6O16S/c1-19(49)55-17-31-33(57-21(3)51)35(63-47-15-29(43-45-47)25-7-11-27(41)12-8-25)37(59-23(5)53)39(61-31)65-40-38(60-24(6)54)36(34(58-22(4)52)32(62-40)18-56-20(2)50)64-48-16-30(44-46-48)26-9-13-28(42)14-10-26/h7-16,31-40H,17-18H2,1-6H3/t31-,32-,33+,34+,35+,36+,37-,38-,39+,40+/m1/s1. The molecule has 0 N–H and O–H groups in total. The zero-order valence-electron chi connectivity index (χ0n) is 35.3. The highest BCUT2D eigenvalue weighted by molar-refractivity contribution is 8.00. The fourth-order valence-corrected chi connectivity index (χ4v) is 8.08. The Morgan fingerprint density at radius 3 is 1.18 bits per heavy atom. The second-order valence-corrected chi connectivity index (χ2v) is 15.5. The Bertz CT molecular complexity index is 2170. The lowest BCUT2D eigenvalue weighted by atomic mass is 9.99. The van der Waals surface area contributed by atoms with E-state index < -0.39 is 120 Å². The highest BCUT2D eigenvalue weighted by atomic mass is 32.2. The second-order valence-electron chi connectivity index (χ2n) is 14.3. The van der Waals surface area contributed by atoms with Gasteiger partial charge in [-0.05, 0) is 59.0 Å². The highest BCUT2D eigenvalue weighted by Gasteiger charge is 2.58. The molecule has 2 aliphatic heterocycles. The molecule has 348 valence electrons. The van der Waals surface area contributed by atoms with Gasteiger partial charge in [-0.1, -0.05) is 21.5 Å². The number of thioether (sulfide) groups is 1. The summed E-state index contributed by atoms with van der Waals surface area (Å²) < 4.78 is 73.7. The van der Waals surface area contributed by atoms with Gasteiger partial charge in [-0.3, -0.25) is 28.8 Å². The third-order valence-corrected chi connectivity index (χ3v) is 10.5. The minimum atomic E-state index is -1.58. The van der Waals surface area contributed by atoms with Gasteiger partial charge in [0.05, 0.1) is 12.4 Å². The van der Waals surface area contributed by atoms with E-state index in [1.165, 1.54) is 60.9 Å². The van der Waals surface area contributed by atoms with Gasteiger partial charge in [0.2, 0.25) is 12.2 Å². The minimum Gasteiger partial charge on any atom is -0.463 e. The largest absolute Gasteiger partial charge is 0.463 e. The second kappa shape index (κ2) is 21.3. The van der Waals surface area contributed by atoms with Crippen molar-refractivity contribution in [3.63, 3.8) is 0 Å². The average molecular weight is 933 g/mol. The molecule has 0 spiro atoms. The molecule has 0 unspecified atom stereocenters. The number of carbonyl (C=O) groups excluding carboxylic acids is 6. The van der Waals surface area contributed by atoms with Crippen LogP contribution in [0.25, 0.3) is 22.5 Å². The van der Waals surface area contributed by atoms with Gasteiger partial charge in [-0.25, -0.2) is 8.78 Å². The summed E-state index contributed by atoms with van der Waals surface area (Å²) in [5, 5.41) is 16.1. The summed E-state index contributed by atoms with van der Waals surface area (Å²) in [6, 6.07) is 10.6. The molecule has 0 bridgehead atoms. The Balaban J connectivity index is 1.42. The van der Waals surface area contributed by atoms with Crippen molar-refractivity contribution in [1.82, 2.24) is 30.3 Å². The van der Waals surface area contributed by atoms with Crippen LogP contribution in [0, 0.1) is 11.6 Å². The molecular formula is C40H42F2N6O16S. The number of rotatable bonds is 16. The molecule has 2 saturated heterocycles. The Labute approximate surface area is 371 Å². The summed E-state index contributed by atoms with van der Waals surface area (Å²) in [6.45, 7) is 5.47. The number of hydrogen-bond acceptors (Lipinski definition) is 21. The van der Waals surface area contributed by atoms with Gasteiger partial charge in [0.1, 0.15) is 59.3 Å². The van der Waals surface area contributed by atoms with Crippen LogP contribution in [0.15, 0.2) is 60.9 Å². The zero-order chi connectivity index (χ0) is 46.9. The molecule has 2 fully saturated rings. The topological polar surface area (TPSA) is 256 Å². The number of hydrogen-bond donors (Lipinski definition) is 0. The third kappa shape index (κ3) is 12.7. The third-order valence-electron chi connectivity index (χ3n) is 9.25. The maximum atomic E-state index is 13.7. The monoisotopic (exact) mass is 932 g/mol. The molecule has 2 aliphatic rings. The summed E-state index contributed by atoms with van der Waals surface area (Å²) in [7, 11) is 0. The summed E-state index contributed by atoms with van der Waals surface area (Å²) in [6.07, 6.45) is -9.37. The first kappa shape index (κ1) is 47.7. The quantitative estimate of drug-likeness (QED) is 0.115. The number of nitrogens with zero attached hydrogens (tertiary/aromatic N) is 6. The lowest BCUT2D eigenvalue weighted by molar-refractivity contribution is -0.248. The SMILES string of the molecule is CC(=O)OC[C@H]1O[C@@H](S[C@@H]2O[C@H](COC(C)=O)[C@H](OC(C)=O)[C@H](On3cc(-c4ccc(F)cc4)nn3)[C@H]2OC(C)=O)[C@H](OC(C)=O)[C@@H](On2cc(-c3ccc(F)cc3)nn2)[C@H]1OC(C)=O. The van der Waals surface area contributed by atoms with E-state index in [0.717, 1.165) is 51.2 Å². The predicted octanol–water partition coefficient (Wildman–Crippen LogP) is 1.81. The van der Waals surface area contributed by atoms with Crippen LogP contribution in [-0.2, 0) is 66.7 Å². The fraction of sp³-hybridized carbons (Fsp3) is 0.450. The number of benzene rings is 2. The van der Waals surface area contributed by atoms with Crippen molar-refractivity contribution in [3.8, 4) is 22.5 Å². The number of carbonyl (C=O) groups is 6. The molecule has 65 heavy (non-hydrogen) atoms. The van der Waals surface area contributed by atoms with Crippen LogP contribution in [-0.4, -0.2) is 139 Å². The molecule has 2 aromatic carbocycles. The van der Waals surface area contributed by atoms with Crippen molar-refractivity contribution >= 4 is 47.6 Å². The van der Waals surface area contributed by atoms with Crippen LogP contribution < -0.4 is 9.68 Å². The molecule has 4 aromatic rings. The first-order valence-corrected chi connectivity index (χ1v) is 20.5. The Morgan fingerprint density at radius 1 is 0.523 bits per heavy atom. The van der Waals surface area contributed by atoms with E-state index in [1.807, 2.05) is 0 Å². The van der Waals surface area contributed by atoms with E-state index in [1.54, 1.807) is 0 Å². The number of halogens is 2. The first-order chi connectivity index (χ1) is 30.9. The maximum Gasteiger partial charge on any atom is 0.303 e. The van der Waals surface area contributed by atoms with Crippen LogP contribution in [0.3, 0.4) is 0 Å². The maximum absolute atomic E-state index is 13.7. The van der Waals surface area contributed by atoms with E-state index in [0.29, 0.717) is 22.9 Å². The molecule has 0 radical (unpaired) electrons. The van der Waals surface area contributed by atoms with Crippen molar-refractivity contribution in [1.29, 1.82) is 0 Å². The van der Waals surface area contributed by atoms with Gasteiger partial charge in [0, 0.05) is 52.7 Å². The molecule has 22 nitrogen and oxygen atoms in total. The number of esters is 6. The molecule has 0 aliphatic carbocycles. The van der Waals surface area contributed by atoms with Gasteiger partial charge in [0.25, 0.3) is 0 Å². The Hall–Kier alpha value is -6.73. The van der Waals surface area contributed by atoms with Crippen molar-refractivity contribution in [2.24, 2.45) is 0 Å². The van der Waals surface area contributed by atoms with Crippen LogP contribution in [0.5, 0.6) is 0 Å². The van der Waals surface area contributed by atoms with Gasteiger partial charge in [-0.2, -0.15) is 0 Å². The predicted molar refractivity (Wildman–Crippen MR) is 212 cm³/mol. The number of aromatic nitrogens is 6. The van der Waals surface area contributed by atoms with Gasteiger partial charge >= 0.3 is 35.8 Å². The molecule has 25 heteroatoms. The lowest BCUT2D eigenvalue weighted by Crippen LogP contribution is -2.66. The summed E-state index contributed by atoms with van der Waals surface area (Å²) in [5.74, 6) is -5.93. The normalized spacial score (nSPS) is 25.0. The first-order valence-electron chi connectivity index (χ1n) is 19.6. The molecular weight excluding hydrogens is 891 g/mol. The molecule has 0 amide bonds. The van der Waals surface area contributed by atoms with E-state index in [4.69, 9.17) is 47.6 Å². The van der Waals surface area contributed by atoms with E-state index in [9.17, 15) is 37.5 Å². The van der Waals surface area contributed by atoms with Gasteiger partial charge in [-0.15, -0.1) is 10.2 Å². The zero-order valence-corrected chi connectivity index (χ0v) is 36.2. The smallest absolute Gasteiger partial charge is 0.303 e. The summed E-state index contributed by atoms with van der Waals surface area (Å²) in [4.78, 5) is 89.5. The fourth-order valence-electron chi connectivity index (χ4n) is 6.67. The average Bonchev–Trinajstić information content (AvgIpc) is 3.91. The molecule has 0 saturated carbocycles. The minimum absolute atomic E-state index is 0.219. The molecule has 6 rings (SSSR count). The van der Waals surface area contributed by atoms with Crippen LogP contribution >= 0.6 is 11.8 Å². The number of ether oxygens (including phenoxy) is 8. The van der Waals surface area contributed by atoms with Gasteiger partial charge < -0.3 is 47.6 Å². The van der Waals surface area contributed by atoms with E-state index >= 15 is 0 Å². The highest BCUT2D eigenvalue weighted by Crippen LogP contribution is 2.41. The van der Waals surface area contributed by atoms with Crippen molar-refractivity contribution < 1.29 is 85.1 Å². The Morgan fingerprint density at radius 2 is 0.862 bits per heavy atom. The van der Waals surface area contributed by atoms with Crippen LogP contribution in [0.1, 0.15) is 41.5 Å². The summed E-state index contributed by atoms with van der Waals surface area (Å²) >= 11 is 0.713. The van der Waals surface area contributed by atoms with Crippen molar-refractivity contribution in [2.45, 2.75) is 101 Å². The van der Waals surface area contributed by atoms with E-state index in [2.05, 4.69) is 20.6 Å². The molecule has 2 aromatic heterocycles.